The van der Waals surface area contributed by atoms with Crippen molar-refractivity contribution in [1.82, 2.24) is 14.9 Å². The second-order valence-electron chi connectivity index (χ2n) is 4.58. The van der Waals surface area contributed by atoms with Crippen LogP contribution >= 0.6 is 0 Å². The molecule has 0 aliphatic carbocycles. The summed E-state index contributed by atoms with van der Waals surface area (Å²) in [7, 11) is 0. The molecule has 1 aliphatic heterocycles. The van der Waals surface area contributed by atoms with Gasteiger partial charge < -0.3 is 4.98 Å². The van der Waals surface area contributed by atoms with Crippen molar-refractivity contribution in [3.63, 3.8) is 0 Å². The van der Waals surface area contributed by atoms with E-state index in [0.717, 1.165) is 4.90 Å². The molecule has 0 radical (unpaired) electrons. The van der Waals surface area contributed by atoms with E-state index in [-0.39, 0.29) is 23.9 Å². The van der Waals surface area contributed by atoms with E-state index < -0.39 is 0 Å². The minimum atomic E-state index is -0.366. The van der Waals surface area contributed by atoms with Gasteiger partial charge in [0.25, 0.3) is 17.4 Å². The summed E-state index contributed by atoms with van der Waals surface area (Å²) in [5, 5.41) is 0. The second-order valence-corrected chi connectivity index (χ2v) is 4.58. The van der Waals surface area contributed by atoms with Crippen LogP contribution in [-0.2, 0) is 6.54 Å². The Morgan fingerprint density at radius 2 is 1.70 bits per heavy atom. The van der Waals surface area contributed by atoms with Crippen LogP contribution in [0.2, 0.25) is 0 Å². The molecule has 1 aromatic carbocycles. The number of H-pyrrole nitrogens is 1. The van der Waals surface area contributed by atoms with Gasteiger partial charge in [-0.05, 0) is 19.1 Å². The Labute approximate surface area is 114 Å². The van der Waals surface area contributed by atoms with Crippen molar-refractivity contribution < 1.29 is 9.59 Å². The zero-order valence-corrected chi connectivity index (χ0v) is 10.7. The van der Waals surface area contributed by atoms with Crippen molar-refractivity contribution in [2.75, 3.05) is 0 Å². The molecule has 0 saturated carbocycles. The average Bonchev–Trinajstić information content (AvgIpc) is 2.64. The smallest absolute Gasteiger partial charge is 0.261 e. The summed E-state index contributed by atoms with van der Waals surface area (Å²) >= 11 is 0. The fourth-order valence-corrected chi connectivity index (χ4v) is 2.25. The predicted octanol–water partition coefficient (Wildman–Crippen LogP) is 0.875. The molecule has 6 heteroatoms. The lowest BCUT2D eigenvalue weighted by Gasteiger charge is -2.12. The van der Waals surface area contributed by atoms with Crippen molar-refractivity contribution >= 4 is 11.8 Å². The quantitative estimate of drug-likeness (QED) is 0.820. The molecule has 2 heterocycles. The fraction of sp³-hybridized carbons (Fsp3) is 0.143. The lowest BCUT2D eigenvalue weighted by atomic mass is 10.1. The number of fused-ring (bicyclic) bond motifs is 1. The Kier molecular flexibility index (Phi) is 2.71. The Morgan fingerprint density at radius 3 is 2.25 bits per heavy atom. The summed E-state index contributed by atoms with van der Waals surface area (Å²) < 4.78 is 0. The number of imide groups is 1. The van der Waals surface area contributed by atoms with Gasteiger partial charge in [0.15, 0.2) is 0 Å². The van der Waals surface area contributed by atoms with Crippen molar-refractivity contribution in [2.24, 2.45) is 0 Å². The summed E-state index contributed by atoms with van der Waals surface area (Å²) in [5.74, 6) is -0.436. The molecule has 1 N–H and O–H groups in total. The first kappa shape index (κ1) is 12.3. The van der Waals surface area contributed by atoms with Crippen LogP contribution in [0.5, 0.6) is 0 Å². The second kappa shape index (κ2) is 4.41. The van der Waals surface area contributed by atoms with Crippen LogP contribution in [-0.4, -0.2) is 26.7 Å². The van der Waals surface area contributed by atoms with E-state index in [9.17, 15) is 14.4 Å². The first-order chi connectivity index (χ1) is 9.56. The number of aromatic amines is 1. The molecule has 1 aliphatic rings. The van der Waals surface area contributed by atoms with E-state index in [0.29, 0.717) is 22.6 Å². The molecule has 0 bridgehead atoms. The van der Waals surface area contributed by atoms with Gasteiger partial charge in [-0.1, -0.05) is 12.1 Å². The van der Waals surface area contributed by atoms with E-state index in [1.54, 1.807) is 31.2 Å². The summed E-state index contributed by atoms with van der Waals surface area (Å²) in [6.07, 6.45) is 0. The number of benzene rings is 1. The molecule has 3 rings (SSSR count). The minimum absolute atomic E-state index is 0.0384. The number of rotatable bonds is 2. The summed E-state index contributed by atoms with van der Waals surface area (Å²) in [5.41, 5.74) is 1.00. The molecule has 1 aromatic heterocycles. The maximum Gasteiger partial charge on any atom is 0.261 e. The molecule has 2 aromatic rings. The van der Waals surface area contributed by atoms with Crippen LogP contribution < -0.4 is 5.56 Å². The fourth-order valence-electron chi connectivity index (χ4n) is 2.25. The molecule has 2 amide bonds. The number of hydrogen-bond donors (Lipinski definition) is 1. The van der Waals surface area contributed by atoms with Crippen molar-refractivity contribution in [3.8, 4) is 0 Å². The average molecular weight is 269 g/mol. The lowest BCUT2D eigenvalue weighted by molar-refractivity contribution is 0.0638. The van der Waals surface area contributed by atoms with Gasteiger partial charge in [-0.15, -0.1) is 0 Å². The van der Waals surface area contributed by atoms with Gasteiger partial charge >= 0.3 is 0 Å². The molecule has 20 heavy (non-hydrogen) atoms. The van der Waals surface area contributed by atoms with Gasteiger partial charge in [-0.2, -0.15) is 0 Å². The van der Waals surface area contributed by atoms with Crippen LogP contribution in [0.1, 0.15) is 32.2 Å². The first-order valence-corrected chi connectivity index (χ1v) is 6.08. The highest BCUT2D eigenvalue weighted by Gasteiger charge is 2.35. The van der Waals surface area contributed by atoms with Gasteiger partial charge in [0.1, 0.15) is 5.82 Å². The lowest BCUT2D eigenvalue weighted by Crippen LogP contribution is -2.31. The third-order valence-corrected chi connectivity index (χ3v) is 3.10. The van der Waals surface area contributed by atoms with E-state index in [4.69, 9.17) is 0 Å². The summed E-state index contributed by atoms with van der Waals surface area (Å²) in [6, 6.07) is 8.00. The van der Waals surface area contributed by atoms with Gasteiger partial charge in [-0.25, -0.2) is 4.98 Å². The third-order valence-electron chi connectivity index (χ3n) is 3.10. The van der Waals surface area contributed by atoms with Crippen LogP contribution in [0.25, 0.3) is 0 Å². The Bertz CT molecular complexity index is 744. The normalized spacial score (nSPS) is 13.8. The number of amides is 2. The van der Waals surface area contributed by atoms with Crippen LogP contribution in [0.4, 0.5) is 0 Å². The van der Waals surface area contributed by atoms with E-state index in [1.165, 1.54) is 6.07 Å². The number of nitrogens with one attached hydrogen (secondary N) is 1. The van der Waals surface area contributed by atoms with Crippen LogP contribution in [0, 0.1) is 6.92 Å². The number of carbonyl (C=O) groups is 2. The molecule has 0 fully saturated rings. The van der Waals surface area contributed by atoms with Crippen molar-refractivity contribution in [1.29, 1.82) is 0 Å². The highest BCUT2D eigenvalue weighted by atomic mass is 16.2. The SMILES string of the molecule is Cc1cc(=O)[nH]c(CN2C(=O)c3ccccc3C2=O)n1. The van der Waals surface area contributed by atoms with Gasteiger partial charge in [0, 0.05) is 11.8 Å². The first-order valence-electron chi connectivity index (χ1n) is 6.08. The van der Waals surface area contributed by atoms with Crippen LogP contribution in [0.3, 0.4) is 0 Å². The van der Waals surface area contributed by atoms with Gasteiger partial charge in [0.2, 0.25) is 0 Å². The molecule has 0 atom stereocenters. The molecule has 6 nitrogen and oxygen atoms in total. The monoisotopic (exact) mass is 269 g/mol. The van der Waals surface area contributed by atoms with Gasteiger partial charge in [-0.3, -0.25) is 19.3 Å². The van der Waals surface area contributed by atoms with Gasteiger partial charge in [0.05, 0.1) is 17.7 Å². The van der Waals surface area contributed by atoms with Crippen LogP contribution in [0.15, 0.2) is 35.1 Å². The highest BCUT2D eigenvalue weighted by molar-refractivity contribution is 6.21. The maximum absolute atomic E-state index is 12.2. The van der Waals surface area contributed by atoms with Crippen molar-refractivity contribution in [2.45, 2.75) is 13.5 Å². The number of hydrogen-bond acceptors (Lipinski definition) is 4. The van der Waals surface area contributed by atoms with E-state index in [1.807, 2.05) is 0 Å². The number of aromatic nitrogens is 2. The maximum atomic E-state index is 12.2. The Hall–Kier alpha value is -2.76. The molecule has 0 unspecified atom stereocenters. The number of aryl methyl sites for hydroxylation is 1. The predicted molar refractivity (Wildman–Crippen MR) is 70.2 cm³/mol. The largest absolute Gasteiger partial charge is 0.309 e. The number of carbonyl (C=O) groups excluding carboxylic acids is 2. The van der Waals surface area contributed by atoms with E-state index >= 15 is 0 Å². The highest BCUT2D eigenvalue weighted by Crippen LogP contribution is 2.23. The Balaban J connectivity index is 1.95. The summed E-state index contributed by atoms with van der Waals surface area (Å²) in [4.78, 5) is 43.5. The van der Waals surface area contributed by atoms with E-state index in [2.05, 4.69) is 9.97 Å². The zero-order chi connectivity index (χ0) is 14.3. The molecule has 0 saturated heterocycles. The molecule has 100 valence electrons. The number of nitrogens with zero attached hydrogens (tertiary/aromatic N) is 2. The molecular formula is C14H11N3O3. The minimum Gasteiger partial charge on any atom is -0.309 e. The molecule has 0 spiro atoms. The zero-order valence-electron chi connectivity index (χ0n) is 10.7. The standard InChI is InChI=1S/C14H11N3O3/c1-8-6-12(18)16-11(15-8)7-17-13(19)9-4-2-3-5-10(9)14(17)20/h2-6H,7H2,1H3,(H,15,16,18). The Morgan fingerprint density at radius 1 is 1.10 bits per heavy atom. The third kappa shape index (κ3) is 1.91. The topological polar surface area (TPSA) is 83.1 Å². The molecular weight excluding hydrogens is 258 g/mol. The summed E-state index contributed by atoms with van der Waals surface area (Å²) in [6.45, 7) is 1.64. The van der Waals surface area contributed by atoms with Crippen molar-refractivity contribution in [3.05, 3.63) is 63.3 Å².